The molecule has 16 heavy (non-hydrogen) atoms. The summed E-state index contributed by atoms with van der Waals surface area (Å²) in [5.41, 5.74) is 0.877. The second-order valence-electron chi connectivity index (χ2n) is 4.53. The van der Waals surface area contributed by atoms with Crippen LogP contribution in [0.3, 0.4) is 0 Å². The monoisotopic (exact) mass is 243 g/mol. The topological polar surface area (TPSA) is 49.3 Å². The molecule has 3 nitrogen and oxygen atoms in total. The summed E-state index contributed by atoms with van der Waals surface area (Å²) in [5.74, 6) is -0.861. The number of nitrogens with one attached hydrogen (secondary N) is 1. The fourth-order valence-electron chi connectivity index (χ4n) is 2.22. The minimum absolute atomic E-state index is 0.392. The van der Waals surface area contributed by atoms with Gasteiger partial charge < -0.3 is 10.4 Å². The molecule has 0 saturated heterocycles. The molecule has 1 saturated carbocycles. The summed E-state index contributed by atoms with van der Waals surface area (Å²) in [7, 11) is 0. The highest BCUT2D eigenvalue weighted by molar-refractivity contribution is 8.00. The summed E-state index contributed by atoms with van der Waals surface area (Å²) in [4.78, 5) is 10.4. The highest BCUT2D eigenvalue weighted by Crippen LogP contribution is 2.39. The van der Waals surface area contributed by atoms with Crippen molar-refractivity contribution in [1.82, 2.24) is 5.32 Å². The Kier molecular flexibility index (Phi) is 5.35. The van der Waals surface area contributed by atoms with Gasteiger partial charge in [0.05, 0.1) is 0 Å². The molecule has 0 radical (unpaired) electrons. The first-order valence-electron chi connectivity index (χ1n) is 5.74. The summed E-state index contributed by atoms with van der Waals surface area (Å²) < 4.78 is 0.392. The molecule has 1 fully saturated rings. The Bertz CT molecular complexity index is 270. The maximum Gasteiger partial charge on any atom is 0.328 e. The average molecular weight is 243 g/mol. The molecule has 0 aromatic rings. The van der Waals surface area contributed by atoms with Crippen LogP contribution in [0.15, 0.2) is 11.6 Å². The third-order valence-corrected chi connectivity index (χ3v) is 4.59. The summed E-state index contributed by atoms with van der Waals surface area (Å²) in [6, 6.07) is 0. The number of rotatable bonds is 6. The number of carboxylic acids is 1. The molecule has 0 spiro atoms. The van der Waals surface area contributed by atoms with E-state index in [-0.39, 0.29) is 0 Å². The molecule has 1 rings (SSSR count). The van der Waals surface area contributed by atoms with Crippen LogP contribution >= 0.6 is 11.8 Å². The standard InChI is InChI=1S/C12H21NO2S/c1-10(7-11(14)15)8-13-9-12(16-2)5-3-4-6-12/h7,13H,3-6,8-9H2,1-2H3,(H,14,15). The molecule has 92 valence electrons. The Balaban J connectivity index is 2.31. The van der Waals surface area contributed by atoms with Gasteiger partial charge in [-0.2, -0.15) is 11.8 Å². The van der Waals surface area contributed by atoms with Gasteiger partial charge in [0.15, 0.2) is 0 Å². The van der Waals surface area contributed by atoms with Gasteiger partial charge in [-0.15, -0.1) is 0 Å². The molecule has 1 aliphatic carbocycles. The summed E-state index contributed by atoms with van der Waals surface area (Å²) >= 11 is 1.95. The minimum atomic E-state index is -0.861. The summed E-state index contributed by atoms with van der Waals surface area (Å²) in [6.45, 7) is 3.51. The number of aliphatic carboxylic acids is 1. The zero-order chi connectivity index (χ0) is 12.0. The van der Waals surface area contributed by atoms with Crippen LogP contribution in [0.25, 0.3) is 0 Å². The molecule has 0 amide bonds. The zero-order valence-corrected chi connectivity index (χ0v) is 10.9. The molecular weight excluding hydrogens is 222 g/mol. The van der Waals surface area contributed by atoms with Crippen LogP contribution < -0.4 is 5.32 Å². The molecule has 0 aromatic carbocycles. The second-order valence-corrected chi connectivity index (χ2v) is 5.80. The Hall–Kier alpha value is -0.480. The Morgan fingerprint density at radius 2 is 2.12 bits per heavy atom. The molecule has 0 aliphatic heterocycles. The van der Waals surface area contributed by atoms with Gasteiger partial charge in [0, 0.05) is 23.9 Å². The predicted molar refractivity (Wildman–Crippen MR) is 69.0 cm³/mol. The normalized spacial score (nSPS) is 20.0. The van der Waals surface area contributed by atoms with E-state index in [1.165, 1.54) is 31.8 Å². The maximum atomic E-state index is 10.4. The third-order valence-electron chi connectivity index (χ3n) is 3.17. The lowest BCUT2D eigenvalue weighted by Crippen LogP contribution is -2.35. The molecule has 0 atom stereocenters. The van der Waals surface area contributed by atoms with Crippen molar-refractivity contribution in [3.05, 3.63) is 11.6 Å². The van der Waals surface area contributed by atoms with E-state index in [9.17, 15) is 4.79 Å². The molecule has 4 heteroatoms. The lowest BCUT2D eigenvalue weighted by atomic mass is 10.1. The van der Waals surface area contributed by atoms with Crippen molar-refractivity contribution in [2.45, 2.75) is 37.4 Å². The van der Waals surface area contributed by atoms with Gasteiger partial charge in [-0.05, 0) is 26.0 Å². The fourth-order valence-corrected chi connectivity index (χ4v) is 3.17. The lowest BCUT2D eigenvalue weighted by molar-refractivity contribution is -0.131. The van der Waals surface area contributed by atoms with E-state index in [4.69, 9.17) is 5.11 Å². The smallest absolute Gasteiger partial charge is 0.328 e. The SMILES string of the molecule is CSC1(CNCC(C)=CC(=O)O)CCCC1. The van der Waals surface area contributed by atoms with Gasteiger partial charge in [-0.25, -0.2) is 4.79 Å². The minimum Gasteiger partial charge on any atom is -0.478 e. The number of hydrogen-bond acceptors (Lipinski definition) is 3. The fraction of sp³-hybridized carbons (Fsp3) is 0.750. The van der Waals surface area contributed by atoms with E-state index in [1.54, 1.807) is 0 Å². The molecule has 0 aromatic heterocycles. The van der Waals surface area contributed by atoms with Crippen LogP contribution in [0.5, 0.6) is 0 Å². The first-order chi connectivity index (χ1) is 7.58. The van der Waals surface area contributed by atoms with E-state index < -0.39 is 5.97 Å². The van der Waals surface area contributed by atoms with Gasteiger partial charge in [0.25, 0.3) is 0 Å². The van der Waals surface area contributed by atoms with Crippen LogP contribution in [0, 0.1) is 0 Å². The van der Waals surface area contributed by atoms with Crippen LogP contribution in [-0.2, 0) is 4.79 Å². The predicted octanol–water partition coefficient (Wildman–Crippen LogP) is 2.28. The highest BCUT2D eigenvalue weighted by atomic mass is 32.2. The van der Waals surface area contributed by atoms with Gasteiger partial charge >= 0.3 is 5.97 Å². The van der Waals surface area contributed by atoms with Crippen LogP contribution in [0.2, 0.25) is 0 Å². The van der Waals surface area contributed by atoms with E-state index in [1.807, 2.05) is 18.7 Å². The van der Waals surface area contributed by atoms with Crippen molar-refractivity contribution in [3.63, 3.8) is 0 Å². The Labute approximate surface area is 102 Å². The largest absolute Gasteiger partial charge is 0.478 e. The van der Waals surface area contributed by atoms with Gasteiger partial charge in [0.1, 0.15) is 0 Å². The number of hydrogen-bond donors (Lipinski definition) is 2. The van der Waals surface area contributed by atoms with Crippen LogP contribution in [0.4, 0.5) is 0 Å². The average Bonchev–Trinajstić information content (AvgIpc) is 2.66. The third kappa shape index (κ3) is 4.18. The summed E-state index contributed by atoms with van der Waals surface area (Å²) in [6.07, 6.45) is 8.66. The highest BCUT2D eigenvalue weighted by Gasteiger charge is 2.32. The van der Waals surface area contributed by atoms with E-state index in [0.717, 1.165) is 12.1 Å². The van der Waals surface area contributed by atoms with Crippen molar-refractivity contribution in [2.24, 2.45) is 0 Å². The second kappa shape index (κ2) is 6.30. The number of carboxylic acid groups (broad SMARTS) is 1. The lowest BCUT2D eigenvalue weighted by Gasteiger charge is -2.27. The van der Waals surface area contributed by atoms with E-state index >= 15 is 0 Å². The van der Waals surface area contributed by atoms with Gasteiger partial charge in [0.2, 0.25) is 0 Å². The molecule has 0 bridgehead atoms. The van der Waals surface area contributed by atoms with Crippen LogP contribution in [-0.4, -0.2) is 35.2 Å². The number of thioether (sulfide) groups is 1. The summed E-state index contributed by atoms with van der Waals surface area (Å²) in [5, 5.41) is 12.0. The van der Waals surface area contributed by atoms with Crippen molar-refractivity contribution in [2.75, 3.05) is 19.3 Å². The molecule has 1 aliphatic rings. The van der Waals surface area contributed by atoms with Crippen molar-refractivity contribution >= 4 is 17.7 Å². The Morgan fingerprint density at radius 1 is 1.50 bits per heavy atom. The van der Waals surface area contributed by atoms with Crippen molar-refractivity contribution in [3.8, 4) is 0 Å². The zero-order valence-electron chi connectivity index (χ0n) is 10.1. The molecular formula is C12H21NO2S. The molecule has 2 N–H and O–H groups in total. The maximum absolute atomic E-state index is 10.4. The van der Waals surface area contributed by atoms with Crippen LogP contribution in [0.1, 0.15) is 32.6 Å². The number of carbonyl (C=O) groups is 1. The Morgan fingerprint density at radius 3 is 2.62 bits per heavy atom. The van der Waals surface area contributed by atoms with E-state index in [0.29, 0.717) is 11.3 Å². The first-order valence-corrected chi connectivity index (χ1v) is 6.96. The van der Waals surface area contributed by atoms with Gasteiger partial charge in [-0.1, -0.05) is 18.4 Å². The van der Waals surface area contributed by atoms with Gasteiger partial charge in [-0.3, -0.25) is 0 Å². The molecule has 0 unspecified atom stereocenters. The van der Waals surface area contributed by atoms with Crippen molar-refractivity contribution < 1.29 is 9.90 Å². The molecule has 0 heterocycles. The quantitative estimate of drug-likeness (QED) is 0.703. The van der Waals surface area contributed by atoms with E-state index in [2.05, 4.69) is 11.6 Å². The first kappa shape index (κ1) is 13.6. The van der Waals surface area contributed by atoms with Crippen molar-refractivity contribution in [1.29, 1.82) is 0 Å².